The molecule has 0 saturated heterocycles. The number of fused-ring (bicyclic) bond motifs is 1. The number of carbonyl (C=O) groups excluding carboxylic acids is 1. The molecule has 0 fully saturated rings. The van der Waals surface area contributed by atoms with Crippen LogP contribution in [0, 0.1) is 12.0 Å². The highest BCUT2D eigenvalue weighted by Crippen LogP contribution is 2.31. The first-order chi connectivity index (χ1) is 16.2. The highest BCUT2D eigenvalue weighted by atomic mass is 16.1. The molecular weight excluding hydrogens is 412 g/mol. The second kappa shape index (κ2) is 8.85. The normalized spacial score (nSPS) is 16.1. The molecular formula is C27H20N4O2. The maximum atomic E-state index is 13.4. The Balaban J connectivity index is 1.71. The number of aromatic amines is 2. The van der Waals surface area contributed by atoms with Gasteiger partial charge in [0.05, 0.1) is 11.1 Å². The lowest BCUT2D eigenvalue weighted by Crippen LogP contribution is -2.21. The lowest BCUT2D eigenvalue weighted by Gasteiger charge is -2.10. The summed E-state index contributed by atoms with van der Waals surface area (Å²) in [7, 11) is 0. The molecule has 0 radical (unpaired) electrons. The summed E-state index contributed by atoms with van der Waals surface area (Å²) in [5.74, 6) is 3.19. The van der Waals surface area contributed by atoms with Gasteiger partial charge in [-0.15, -0.1) is 0 Å². The zero-order valence-corrected chi connectivity index (χ0v) is 17.6. The van der Waals surface area contributed by atoms with Crippen LogP contribution >= 0.6 is 0 Å². The Labute approximate surface area is 190 Å². The molecule has 0 bridgehead atoms. The van der Waals surface area contributed by atoms with Gasteiger partial charge in [-0.1, -0.05) is 90.9 Å². The van der Waals surface area contributed by atoms with E-state index in [1.807, 2.05) is 72.8 Å². The predicted octanol–water partition coefficient (Wildman–Crippen LogP) is 4.26. The molecule has 0 amide bonds. The fraction of sp³-hybridized carbons (Fsp3) is 0.0741. The summed E-state index contributed by atoms with van der Waals surface area (Å²) in [5.41, 5.74) is 2.19. The van der Waals surface area contributed by atoms with Crippen LogP contribution in [0.5, 0.6) is 0 Å². The number of aromatic nitrogens is 3. The number of rotatable bonds is 4. The number of hydrogen-bond donors (Lipinski definition) is 3. The quantitative estimate of drug-likeness (QED) is 0.332. The van der Waals surface area contributed by atoms with Crippen molar-refractivity contribution in [3.8, 4) is 23.1 Å². The molecule has 3 N–H and O–H groups in total. The average molecular weight is 432 g/mol. The van der Waals surface area contributed by atoms with Gasteiger partial charge in [0.2, 0.25) is 5.78 Å². The van der Waals surface area contributed by atoms with Gasteiger partial charge in [0.25, 0.3) is 5.56 Å². The minimum atomic E-state index is -0.408. The first-order valence-corrected chi connectivity index (χ1v) is 10.6. The Morgan fingerprint density at radius 2 is 1.73 bits per heavy atom. The maximum absolute atomic E-state index is 13.4. The summed E-state index contributed by atoms with van der Waals surface area (Å²) in [5, 5.41) is 3.42. The number of allylic oxidation sites excluding steroid dienone is 3. The smallest absolute Gasteiger partial charge is 0.261 e. The monoisotopic (exact) mass is 432 g/mol. The van der Waals surface area contributed by atoms with Crippen molar-refractivity contribution in [2.24, 2.45) is 0 Å². The van der Waals surface area contributed by atoms with Gasteiger partial charge in [-0.25, -0.2) is 4.98 Å². The molecule has 6 heteroatoms. The maximum Gasteiger partial charge on any atom is 0.261 e. The molecule has 2 aromatic heterocycles. The highest BCUT2D eigenvalue weighted by Gasteiger charge is 2.24. The van der Waals surface area contributed by atoms with Gasteiger partial charge in [0, 0.05) is 23.6 Å². The zero-order valence-electron chi connectivity index (χ0n) is 17.6. The van der Waals surface area contributed by atoms with Gasteiger partial charge < -0.3 is 15.3 Å². The molecule has 6 nitrogen and oxygen atoms in total. The van der Waals surface area contributed by atoms with Gasteiger partial charge in [0.1, 0.15) is 17.5 Å². The summed E-state index contributed by atoms with van der Waals surface area (Å²) >= 11 is 0. The van der Waals surface area contributed by atoms with Crippen LogP contribution in [-0.4, -0.2) is 20.7 Å². The van der Waals surface area contributed by atoms with Crippen LogP contribution in [0.3, 0.4) is 0 Å². The summed E-state index contributed by atoms with van der Waals surface area (Å²) < 4.78 is 0. The van der Waals surface area contributed by atoms with E-state index >= 15 is 0 Å². The summed E-state index contributed by atoms with van der Waals surface area (Å²) in [6.45, 7) is 0. The van der Waals surface area contributed by atoms with Crippen LogP contribution in [0.4, 0.5) is 0 Å². The first kappa shape index (κ1) is 20.3. The van der Waals surface area contributed by atoms with Crippen LogP contribution < -0.4 is 10.9 Å². The molecule has 33 heavy (non-hydrogen) atoms. The Kier molecular flexibility index (Phi) is 5.44. The van der Waals surface area contributed by atoms with Crippen LogP contribution in [0.1, 0.15) is 34.3 Å². The van der Waals surface area contributed by atoms with Crippen LogP contribution in [0.2, 0.25) is 0 Å². The van der Waals surface area contributed by atoms with E-state index in [0.717, 1.165) is 5.56 Å². The Morgan fingerprint density at radius 3 is 2.52 bits per heavy atom. The molecule has 160 valence electrons. The summed E-state index contributed by atoms with van der Waals surface area (Å²) in [6, 6.07) is 20.9. The van der Waals surface area contributed by atoms with E-state index in [2.05, 4.69) is 32.2 Å². The predicted molar refractivity (Wildman–Crippen MR) is 129 cm³/mol. The number of H-pyrrole nitrogens is 2. The molecule has 1 unspecified atom stereocenters. The second-order valence-corrected chi connectivity index (χ2v) is 7.55. The number of ketones is 1. The van der Waals surface area contributed by atoms with E-state index in [1.54, 1.807) is 12.1 Å². The van der Waals surface area contributed by atoms with Crippen molar-refractivity contribution in [3.05, 3.63) is 112 Å². The van der Waals surface area contributed by atoms with Gasteiger partial charge in [-0.2, -0.15) is 0 Å². The van der Waals surface area contributed by atoms with Gasteiger partial charge in [-0.05, 0) is 5.56 Å². The molecule has 4 aromatic rings. The minimum absolute atomic E-state index is 0.204. The van der Waals surface area contributed by atoms with Gasteiger partial charge >= 0.3 is 0 Å². The number of nitrogens with zero attached hydrogens (tertiary/aromatic N) is 1. The van der Waals surface area contributed by atoms with Gasteiger partial charge in [0.15, 0.2) is 0 Å². The van der Waals surface area contributed by atoms with Gasteiger partial charge in [-0.3, -0.25) is 9.59 Å². The number of hydrogen-bond acceptors (Lipinski definition) is 4. The molecule has 3 heterocycles. The Morgan fingerprint density at radius 1 is 0.970 bits per heavy atom. The third-order valence-electron chi connectivity index (χ3n) is 5.39. The topological polar surface area (TPSA) is 90.6 Å². The summed E-state index contributed by atoms with van der Waals surface area (Å²) in [6.07, 6.45) is 8.24. The molecule has 5 rings (SSSR count). The van der Waals surface area contributed by atoms with Crippen molar-refractivity contribution >= 4 is 16.8 Å². The molecule has 0 aliphatic carbocycles. The van der Waals surface area contributed by atoms with Crippen molar-refractivity contribution in [2.75, 3.05) is 0 Å². The largest absolute Gasteiger partial charge is 0.336 e. The van der Waals surface area contributed by atoms with Crippen LogP contribution in [-0.2, 0) is 0 Å². The van der Waals surface area contributed by atoms with Crippen molar-refractivity contribution in [3.63, 3.8) is 0 Å². The van der Waals surface area contributed by atoms with Crippen LogP contribution in [0.25, 0.3) is 22.2 Å². The minimum Gasteiger partial charge on any atom is -0.336 e. The fourth-order valence-electron chi connectivity index (χ4n) is 3.83. The van der Waals surface area contributed by atoms with E-state index in [4.69, 9.17) is 0 Å². The van der Waals surface area contributed by atoms with Crippen molar-refractivity contribution < 1.29 is 4.79 Å². The van der Waals surface area contributed by atoms with Crippen molar-refractivity contribution in [2.45, 2.75) is 12.5 Å². The molecule has 2 aromatic carbocycles. The Bertz CT molecular complexity index is 1500. The van der Waals surface area contributed by atoms with E-state index in [0.29, 0.717) is 40.1 Å². The lowest BCUT2D eigenvalue weighted by molar-refractivity contribution is 0.103. The highest BCUT2D eigenvalue weighted by molar-refractivity contribution is 6.16. The Hall–Kier alpha value is -4.63. The number of carbonyl (C=O) groups is 1. The fourth-order valence-corrected chi connectivity index (χ4v) is 3.83. The second-order valence-electron chi connectivity index (χ2n) is 7.55. The molecule has 1 aliphatic rings. The third-order valence-corrected chi connectivity index (χ3v) is 5.39. The van der Waals surface area contributed by atoms with E-state index < -0.39 is 6.04 Å². The van der Waals surface area contributed by atoms with Crippen LogP contribution in [0.15, 0.2) is 89.8 Å². The number of nitrogens with one attached hydrogen (secondary N) is 3. The molecule has 1 atom stereocenters. The first-order valence-electron chi connectivity index (χ1n) is 10.6. The van der Waals surface area contributed by atoms with E-state index in [-0.39, 0.29) is 11.3 Å². The third kappa shape index (κ3) is 4.00. The average Bonchev–Trinajstić information content (AvgIpc) is 3.30. The van der Waals surface area contributed by atoms with E-state index in [1.165, 1.54) is 0 Å². The zero-order chi connectivity index (χ0) is 22.6. The lowest BCUT2D eigenvalue weighted by atomic mass is 9.98. The summed E-state index contributed by atoms with van der Waals surface area (Å²) in [4.78, 5) is 37.4. The molecule has 0 spiro atoms. The standard InChI is InChI=1S/C27H20N4O2/c32-24(19-14-8-5-9-15-19)23-21(18-12-6-4-7-13-18)22-26(29-23)30-25(31-27(22)33)20-16-10-2-1-3-11-17-28-20/h1-2,4-10,12-16,20,28H,3H2,(H2,29,30,31,33)/b2-1-,16-10?. The number of benzene rings is 2. The van der Waals surface area contributed by atoms with Crippen molar-refractivity contribution in [1.82, 2.24) is 20.3 Å². The molecule has 1 aliphatic heterocycles. The van der Waals surface area contributed by atoms with Crippen molar-refractivity contribution in [1.29, 1.82) is 0 Å². The van der Waals surface area contributed by atoms with E-state index in [9.17, 15) is 9.59 Å². The molecule has 0 saturated carbocycles. The SMILES string of the molecule is O=C(c1ccccc1)c1[nH]c2nc(C3C=C/C=C\CC#CN3)[nH]c(=O)c2c1-c1ccccc1.